The number of hydrogen-bond donors (Lipinski definition) is 2. The molecule has 3 atom stereocenters. The van der Waals surface area contributed by atoms with Gasteiger partial charge in [0.2, 0.25) is 11.8 Å². The molecule has 0 spiro atoms. The monoisotopic (exact) mass is 430 g/mol. The van der Waals surface area contributed by atoms with E-state index in [0.717, 1.165) is 23.6 Å². The lowest BCUT2D eigenvalue weighted by Crippen LogP contribution is -2.54. The third kappa shape index (κ3) is 2.83. The third-order valence-corrected chi connectivity index (χ3v) is 6.98. The highest BCUT2D eigenvalue weighted by Gasteiger charge is 2.46. The van der Waals surface area contributed by atoms with Gasteiger partial charge < -0.3 is 5.32 Å². The zero-order valence-electron chi connectivity index (χ0n) is 17.3. The smallest absolute Gasteiger partial charge is 0.262 e. The van der Waals surface area contributed by atoms with Crippen LogP contribution in [-0.4, -0.2) is 52.6 Å². The van der Waals surface area contributed by atoms with E-state index in [2.05, 4.69) is 39.8 Å². The second kappa shape index (κ2) is 7.08. The van der Waals surface area contributed by atoms with E-state index < -0.39 is 23.8 Å². The van der Waals surface area contributed by atoms with Crippen LogP contribution in [0.1, 0.15) is 62.3 Å². The Balaban J connectivity index is 1.27. The predicted molar refractivity (Wildman–Crippen MR) is 113 cm³/mol. The third-order valence-electron chi connectivity index (χ3n) is 6.98. The maximum absolute atomic E-state index is 13.3. The number of nitrogens with one attached hydrogen (secondary N) is 2. The van der Waals surface area contributed by atoms with E-state index in [-0.39, 0.29) is 30.8 Å². The van der Waals surface area contributed by atoms with Crippen LogP contribution >= 0.6 is 0 Å². The van der Waals surface area contributed by atoms with Crippen molar-refractivity contribution in [2.24, 2.45) is 0 Å². The summed E-state index contributed by atoms with van der Waals surface area (Å²) in [6, 6.07) is 13.3. The van der Waals surface area contributed by atoms with E-state index in [4.69, 9.17) is 0 Å². The number of carbonyl (C=O) groups excluding carboxylic acids is 4. The fraction of sp³-hybridized carbons (Fsp3) is 0.333. The Morgan fingerprint density at radius 1 is 0.875 bits per heavy atom. The molecular formula is C24H22N4O4. The predicted octanol–water partition coefficient (Wildman–Crippen LogP) is 1.29. The van der Waals surface area contributed by atoms with Crippen molar-refractivity contribution >= 4 is 23.6 Å². The van der Waals surface area contributed by atoms with Gasteiger partial charge in [-0.1, -0.05) is 36.4 Å². The highest BCUT2D eigenvalue weighted by molar-refractivity contribution is 6.24. The molecule has 4 amide bonds. The van der Waals surface area contributed by atoms with Crippen LogP contribution in [-0.2, 0) is 16.1 Å². The van der Waals surface area contributed by atoms with Crippen molar-refractivity contribution in [2.45, 2.75) is 37.5 Å². The Morgan fingerprint density at radius 2 is 1.59 bits per heavy atom. The van der Waals surface area contributed by atoms with Crippen molar-refractivity contribution in [3.05, 3.63) is 70.3 Å². The molecule has 2 aromatic carbocycles. The van der Waals surface area contributed by atoms with Crippen LogP contribution in [0.15, 0.2) is 42.5 Å². The van der Waals surface area contributed by atoms with Crippen LogP contribution in [0.4, 0.5) is 0 Å². The van der Waals surface area contributed by atoms with Crippen molar-refractivity contribution in [1.29, 1.82) is 0 Å². The normalized spacial score (nSPS) is 26.9. The average molecular weight is 430 g/mol. The number of fused-ring (bicyclic) bond motifs is 6. The summed E-state index contributed by atoms with van der Waals surface area (Å²) in [4.78, 5) is 53.6. The number of piperidine rings is 1. The molecule has 4 aliphatic rings. The molecule has 2 bridgehead atoms. The van der Waals surface area contributed by atoms with Gasteiger partial charge in [-0.05, 0) is 29.2 Å². The van der Waals surface area contributed by atoms with Gasteiger partial charge in [0.15, 0.2) is 0 Å². The van der Waals surface area contributed by atoms with Gasteiger partial charge in [-0.15, -0.1) is 0 Å². The van der Waals surface area contributed by atoms with E-state index in [1.807, 2.05) is 6.07 Å². The molecule has 0 aliphatic carbocycles. The van der Waals surface area contributed by atoms with Crippen molar-refractivity contribution in [2.75, 3.05) is 13.1 Å². The van der Waals surface area contributed by atoms with Crippen molar-refractivity contribution < 1.29 is 19.2 Å². The SMILES string of the molecule is O=C1CCC(N2C(=O)c3cccc(CN4CC5NC(C4)c4ccccc45)c3C2=O)C(=O)N1. The van der Waals surface area contributed by atoms with Crippen molar-refractivity contribution in [1.82, 2.24) is 20.4 Å². The Hall–Kier alpha value is -3.36. The van der Waals surface area contributed by atoms with E-state index >= 15 is 0 Å². The van der Waals surface area contributed by atoms with E-state index in [0.29, 0.717) is 17.7 Å². The highest BCUT2D eigenvalue weighted by Crippen LogP contribution is 2.38. The molecule has 6 rings (SSSR count). The molecule has 2 saturated heterocycles. The van der Waals surface area contributed by atoms with Gasteiger partial charge in [-0.25, -0.2) is 0 Å². The Morgan fingerprint density at radius 3 is 2.28 bits per heavy atom. The molecule has 2 fully saturated rings. The second-order valence-corrected chi connectivity index (χ2v) is 8.88. The lowest BCUT2D eigenvalue weighted by atomic mass is 10.0. The van der Waals surface area contributed by atoms with Crippen LogP contribution in [0.2, 0.25) is 0 Å². The first-order valence-corrected chi connectivity index (χ1v) is 10.9. The highest BCUT2D eigenvalue weighted by atomic mass is 16.2. The first-order valence-electron chi connectivity index (χ1n) is 10.9. The zero-order valence-corrected chi connectivity index (χ0v) is 17.3. The Kier molecular flexibility index (Phi) is 4.28. The number of nitrogens with zero attached hydrogens (tertiary/aromatic N) is 2. The standard InChI is InChI=1S/C24H22N4O4/c29-20-9-8-19(22(30)26-20)28-23(31)16-7-3-4-13(21(16)24(28)32)10-27-11-17-14-5-1-2-6-15(14)18(12-27)25-17/h1-7,17-19,25H,8-12H2,(H,26,29,30). The maximum atomic E-state index is 13.3. The van der Waals surface area contributed by atoms with Crippen LogP contribution < -0.4 is 10.6 Å². The molecule has 2 aromatic rings. The van der Waals surface area contributed by atoms with Crippen LogP contribution in [0, 0.1) is 0 Å². The summed E-state index contributed by atoms with van der Waals surface area (Å²) in [5.74, 6) is -1.88. The summed E-state index contributed by atoms with van der Waals surface area (Å²) < 4.78 is 0. The van der Waals surface area contributed by atoms with Crippen molar-refractivity contribution in [3.63, 3.8) is 0 Å². The number of amides is 4. The molecule has 2 N–H and O–H groups in total. The first kappa shape index (κ1) is 19.3. The van der Waals surface area contributed by atoms with E-state index in [9.17, 15) is 19.2 Å². The minimum Gasteiger partial charge on any atom is -0.301 e. The quantitative estimate of drug-likeness (QED) is 0.712. The molecule has 32 heavy (non-hydrogen) atoms. The van der Waals surface area contributed by atoms with Crippen LogP contribution in [0.25, 0.3) is 0 Å². The number of rotatable bonds is 3. The number of piperazine rings is 1. The molecule has 4 heterocycles. The number of benzene rings is 2. The summed E-state index contributed by atoms with van der Waals surface area (Å²) in [6.07, 6.45) is 0.270. The molecular weight excluding hydrogens is 408 g/mol. The Bertz CT molecular complexity index is 1160. The second-order valence-electron chi connectivity index (χ2n) is 8.88. The molecule has 8 heteroatoms. The van der Waals surface area contributed by atoms with E-state index in [1.54, 1.807) is 12.1 Å². The number of imide groups is 2. The van der Waals surface area contributed by atoms with E-state index in [1.165, 1.54) is 11.1 Å². The van der Waals surface area contributed by atoms with Gasteiger partial charge in [-0.3, -0.25) is 34.3 Å². The number of carbonyl (C=O) groups is 4. The molecule has 4 aliphatic heterocycles. The van der Waals surface area contributed by atoms with Gasteiger partial charge in [0, 0.05) is 38.1 Å². The van der Waals surface area contributed by atoms with Gasteiger partial charge in [-0.2, -0.15) is 0 Å². The summed E-state index contributed by atoms with van der Waals surface area (Å²) in [6.45, 7) is 2.18. The molecule has 8 nitrogen and oxygen atoms in total. The summed E-state index contributed by atoms with van der Waals surface area (Å²) >= 11 is 0. The van der Waals surface area contributed by atoms with Crippen LogP contribution in [0.3, 0.4) is 0 Å². The largest absolute Gasteiger partial charge is 0.301 e. The fourth-order valence-electron chi connectivity index (χ4n) is 5.55. The Labute approximate surface area is 184 Å². The molecule has 162 valence electrons. The first-order chi connectivity index (χ1) is 15.5. The summed E-state index contributed by atoms with van der Waals surface area (Å²) in [5.41, 5.74) is 4.16. The topological polar surface area (TPSA) is 98.8 Å². The average Bonchev–Trinajstić information content (AvgIpc) is 3.19. The summed E-state index contributed by atoms with van der Waals surface area (Å²) in [5, 5.41) is 5.90. The van der Waals surface area contributed by atoms with Gasteiger partial charge in [0.05, 0.1) is 11.1 Å². The molecule has 0 radical (unpaired) electrons. The zero-order chi connectivity index (χ0) is 22.0. The molecule has 0 aromatic heterocycles. The molecule has 0 saturated carbocycles. The summed E-state index contributed by atoms with van der Waals surface area (Å²) in [7, 11) is 0. The molecule has 3 unspecified atom stereocenters. The lowest BCUT2D eigenvalue weighted by molar-refractivity contribution is -0.136. The van der Waals surface area contributed by atoms with Crippen molar-refractivity contribution in [3.8, 4) is 0 Å². The van der Waals surface area contributed by atoms with Gasteiger partial charge >= 0.3 is 0 Å². The minimum atomic E-state index is -0.947. The fourth-order valence-corrected chi connectivity index (χ4v) is 5.55. The minimum absolute atomic E-state index is 0.112. The maximum Gasteiger partial charge on any atom is 0.262 e. The number of hydrogen-bond acceptors (Lipinski definition) is 6. The lowest BCUT2D eigenvalue weighted by Gasteiger charge is -2.33. The van der Waals surface area contributed by atoms with Gasteiger partial charge in [0.25, 0.3) is 11.8 Å². The van der Waals surface area contributed by atoms with Crippen LogP contribution in [0.5, 0.6) is 0 Å². The van der Waals surface area contributed by atoms with Gasteiger partial charge in [0.1, 0.15) is 6.04 Å².